The second-order valence-corrected chi connectivity index (χ2v) is 2.80. The molecule has 0 saturated carbocycles. The van der Waals surface area contributed by atoms with Gasteiger partial charge in [0.25, 0.3) is 0 Å². The number of aromatic nitrogens is 3. The SMILES string of the molecule is CCc1cccc2nc(C)nn12. The van der Waals surface area contributed by atoms with Gasteiger partial charge in [-0.1, -0.05) is 13.0 Å². The summed E-state index contributed by atoms with van der Waals surface area (Å²) in [6, 6.07) is 6.06. The molecule has 2 heterocycles. The van der Waals surface area contributed by atoms with E-state index in [0.29, 0.717) is 0 Å². The van der Waals surface area contributed by atoms with Crippen LogP contribution in [0.3, 0.4) is 0 Å². The van der Waals surface area contributed by atoms with Crippen LogP contribution in [-0.4, -0.2) is 14.6 Å². The molecule has 0 aliphatic rings. The lowest BCUT2D eigenvalue weighted by molar-refractivity contribution is 0.850. The van der Waals surface area contributed by atoms with Gasteiger partial charge in [-0.2, -0.15) is 5.10 Å². The van der Waals surface area contributed by atoms with E-state index in [-0.39, 0.29) is 0 Å². The molecule has 2 aromatic rings. The molecule has 0 aromatic carbocycles. The van der Waals surface area contributed by atoms with Crippen molar-refractivity contribution in [1.82, 2.24) is 14.6 Å². The van der Waals surface area contributed by atoms with Crippen molar-refractivity contribution in [2.45, 2.75) is 20.3 Å². The van der Waals surface area contributed by atoms with E-state index >= 15 is 0 Å². The number of aryl methyl sites for hydroxylation is 2. The first kappa shape index (κ1) is 7.28. The van der Waals surface area contributed by atoms with Crippen LogP contribution >= 0.6 is 0 Å². The fraction of sp³-hybridized carbons (Fsp3) is 0.333. The molecule has 0 radical (unpaired) electrons. The Morgan fingerprint density at radius 2 is 2.25 bits per heavy atom. The zero-order chi connectivity index (χ0) is 8.55. The number of nitrogens with zero attached hydrogens (tertiary/aromatic N) is 3. The molecule has 2 rings (SSSR count). The van der Waals surface area contributed by atoms with Gasteiger partial charge in [0.2, 0.25) is 0 Å². The molecular formula is C9H11N3. The topological polar surface area (TPSA) is 30.2 Å². The fourth-order valence-electron chi connectivity index (χ4n) is 1.33. The normalized spacial score (nSPS) is 10.8. The highest BCUT2D eigenvalue weighted by Crippen LogP contribution is 2.05. The van der Waals surface area contributed by atoms with Crippen molar-refractivity contribution in [2.24, 2.45) is 0 Å². The highest BCUT2D eigenvalue weighted by molar-refractivity contribution is 5.38. The van der Waals surface area contributed by atoms with E-state index in [4.69, 9.17) is 0 Å². The van der Waals surface area contributed by atoms with E-state index in [2.05, 4.69) is 23.1 Å². The van der Waals surface area contributed by atoms with Gasteiger partial charge in [0.05, 0.1) is 0 Å². The summed E-state index contributed by atoms with van der Waals surface area (Å²) in [4.78, 5) is 4.27. The van der Waals surface area contributed by atoms with Crippen LogP contribution in [0.1, 0.15) is 18.4 Å². The van der Waals surface area contributed by atoms with Gasteiger partial charge in [0, 0.05) is 5.69 Å². The molecule has 0 fully saturated rings. The molecule has 0 aliphatic heterocycles. The molecule has 62 valence electrons. The summed E-state index contributed by atoms with van der Waals surface area (Å²) < 4.78 is 1.90. The molecule has 0 aliphatic carbocycles. The molecule has 2 aromatic heterocycles. The number of hydrogen-bond donors (Lipinski definition) is 0. The minimum absolute atomic E-state index is 0.830. The average Bonchev–Trinajstić information content (AvgIpc) is 2.44. The van der Waals surface area contributed by atoms with Gasteiger partial charge in [-0.3, -0.25) is 0 Å². The van der Waals surface area contributed by atoms with Crippen LogP contribution in [0.5, 0.6) is 0 Å². The number of rotatable bonds is 1. The summed E-state index contributed by atoms with van der Waals surface area (Å²) in [5, 5.41) is 4.29. The number of pyridine rings is 1. The van der Waals surface area contributed by atoms with Crippen molar-refractivity contribution in [2.75, 3.05) is 0 Å². The zero-order valence-electron chi connectivity index (χ0n) is 7.28. The third-order valence-corrected chi connectivity index (χ3v) is 1.91. The molecule has 0 N–H and O–H groups in total. The molecular weight excluding hydrogens is 150 g/mol. The van der Waals surface area contributed by atoms with Crippen molar-refractivity contribution < 1.29 is 0 Å². The van der Waals surface area contributed by atoms with Crippen molar-refractivity contribution >= 4 is 5.65 Å². The summed E-state index contributed by atoms with van der Waals surface area (Å²) in [7, 11) is 0. The van der Waals surface area contributed by atoms with Crippen LogP contribution in [0.4, 0.5) is 0 Å². The first-order valence-electron chi connectivity index (χ1n) is 4.12. The number of hydrogen-bond acceptors (Lipinski definition) is 2. The standard InChI is InChI=1S/C9H11N3/c1-3-8-5-4-6-9-10-7(2)11-12(8)9/h4-6H,3H2,1-2H3. The average molecular weight is 161 g/mol. The van der Waals surface area contributed by atoms with Crippen molar-refractivity contribution in [3.8, 4) is 0 Å². The Kier molecular flexibility index (Phi) is 1.57. The van der Waals surface area contributed by atoms with E-state index in [9.17, 15) is 0 Å². The first-order valence-corrected chi connectivity index (χ1v) is 4.12. The van der Waals surface area contributed by atoms with Crippen molar-refractivity contribution in [3.05, 3.63) is 29.7 Å². The van der Waals surface area contributed by atoms with E-state index in [0.717, 1.165) is 17.9 Å². The maximum absolute atomic E-state index is 4.29. The summed E-state index contributed by atoms with van der Waals surface area (Å²) in [6.45, 7) is 4.03. The Morgan fingerprint density at radius 1 is 1.42 bits per heavy atom. The van der Waals surface area contributed by atoms with Gasteiger partial charge in [0.1, 0.15) is 5.82 Å². The van der Waals surface area contributed by atoms with E-state index in [1.165, 1.54) is 5.69 Å². The molecule has 0 atom stereocenters. The van der Waals surface area contributed by atoms with E-state index in [1.807, 2.05) is 23.6 Å². The fourth-order valence-corrected chi connectivity index (χ4v) is 1.33. The Balaban J connectivity index is 2.78. The van der Waals surface area contributed by atoms with Crippen LogP contribution in [0.15, 0.2) is 18.2 Å². The van der Waals surface area contributed by atoms with Crippen molar-refractivity contribution in [3.63, 3.8) is 0 Å². The lowest BCUT2D eigenvalue weighted by atomic mass is 10.3. The Hall–Kier alpha value is -1.38. The maximum Gasteiger partial charge on any atom is 0.155 e. The van der Waals surface area contributed by atoms with Gasteiger partial charge in [-0.15, -0.1) is 0 Å². The Bertz CT molecular complexity index is 403. The largest absolute Gasteiger partial charge is 0.218 e. The lowest BCUT2D eigenvalue weighted by Crippen LogP contribution is -1.95. The third-order valence-electron chi connectivity index (χ3n) is 1.91. The van der Waals surface area contributed by atoms with Crippen LogP contribution in [0.2, 0.25) is 0 Å². The molecule has 0 unspecified atom stereocenters. The molecule has 0 amide bonds. The van der Waals surface area contributed by atoms with Gasteiger partial charge in [0.15, 0.2) is 5.65 Å². The smallest absolute Gasteiger partial charge is 0.155 e. The summed E-state index contributed by atoms with van der Waals surface area (Å²) in [6.07, 6.45) is 0.986. The highest BCUT2D eigenvalue weighted by atomic mass is 15.3. The highest BCUT2D eigenvalue weighted by Gasteiger charge is 2.00. The van der Waals surface area contributed by atoms with Crippen LogP contribution < -0.4 is 0 Å². The van der Waals surface area contributed by atoms with Crippen LogP contribution in [0.25, 0.3) is 5.65 Å². The molecule has 3 heteroatoms. The Morgan fingerprint density at radius 3 is 3.00 bits per heavy atom. The van der Waals surface area contributed by atoms with Gasteiger partial charge < -0.3 is 0 Å². The summed E-state index contributed by atoms with van der Waals surface area (Å²) in [5.74, 6) is 0.830. The van der Waals surface area contributed by atoms with Gasteiger partial charge in [-0.25, -0.2) is 9.50 Å². The minimum atomic E-state index is 0.830. The van der Waals surface area contributed by atoms with E-state index < -0.39 is 0 Å². The first-order chi connectivity index (χ1) is 5.81. The molecule has 0 spiro atoms. The second-order valence-electron chi connectivity index (χ2n) is 2.80. The number of fused-ring (bicyclic) bond motifs is 1. The predicted molar refractivity (Wildman–Crippen MR) is 47.1 cm³/mol. The van der Waals surface area contributed by atoms with E-state index in [1.54, 1.807) is 0 Å². The zero-order valence-corrected chi connectivity index (χ0v) is 7.28. The maximum atomic E-state index is 4.29. The molecule has 0 bridgehead atoms. The summed E-state index contributed by atoms with van der Waals surface area (Å²) >= 11 is 0. The van der Waals surface area contributed by atoms with Crippen LogP contribution in [0, 0.1) is 6.92 Å². The van der Waals surface area contributed by atoms with Gasteiger partial charge >= 0.3 is 0 Å². The molecule has 0 saturated heterocycles. The quantitative estimate of drug-likeness (QED) is 0.636. The lowest BCUT2D eigenvalue weighted by Gasteiger charge is -1.97. The molecule has 3 nitrogen and oxygen atoms in total. The van der Waals surface area contributed by atoms with Crippen LogP contribution in [-0.2, 0) is 6.42 Å². The predicted octanol–water partition coefficient (Wildman–Crippen LogP) is 1.60. The van der Waals surface area contributed by atoms with Crippen molar-refractivity contribution in [1.29, 1.82) is 0 Å². The third kappa shape index (κ3) is 0.978. The Labute approximate surface area is 71.1 Å². The molecule has 12 heavy (non-hydrogen) atoms. The summed E-state index contributed by atoms with van der Waals surface area (Å²) in [5.41, 5.74) is 2.14. The second kappa shape index (κ2) is 2.59. The monoisotopic (exact) mass is 161 g/mol. The minimum Gasteiger partial charge on any atom is -0.218 e. The van der Waals surface area contributed by atoms with Gasteiger partial charge in [-0.05, 0) is 25.5 Å².